The topological polar surface area (TPSA) is 92.2 Å². The zero-order chi connectivity index (χ0) is 20.2. The number of aromatic nitrogens is 4. The Kier molecular flexibility index (Phi) is 5.39. The Labute approximate surface area is 169 Å². The molecule has 7 nitrogen and oxygen atoms in total. The number of rotatable bonds is 6. The van der Waals surface area contributed by atoms with Crippen molar-refractivity contribution in [3.8, 4) is 11.3 Å². The average Bonchev–Trinajstić information content (AvgIpc) is 3.14. The lowest BCUT2D eigenvalue weighted by Gasteiger charge is -2.08. The lowest BCUT2D eigenvalue weighted by molar-refractivity contribution is -0.118. The van der Waals surface area contributed by atoms with Crippen molar-refractivity contribution >= 4 is 23.4 Å². The number of halogens is 1. The van der Waals surface area contributed by atoms with Crippen molar-refractivity contribution in [2.75, 3.05) is 5.75 Å². The van der Waals surface area contributed by atoms with Crippen LogP contribution < -0.4 is 10.9 Å². The molecule has 0 aliphatic rings. The summed E-state index contributed by atoms with van der Waals surface area (Å²) in [6, 6.07) is 16.8. The summed E-state index contributed by atoms with van der Waals surface area (Å²) in [5.41, 5.74) is 2.01. The molecule has 0 radical (unpaired) electrons. The molecule has 0 saturated carbocycles. The van der Waals surface area contributed by atoms with E-state index < -0.39 is 0 Å². The van der Waals surface area contributed by atoms with Gasteiger partial charge in [0.15, 0.2) is 5.16 Å². The van der Waals surface area contributed by atoms with Gasteiger partial charge < -0.3 is 5.32 Å². The Morgan fingerprint density at radius 3 is 2.62 bits per heavy atom. The van der Waals surface area contributed by atoms with E-state index in [1.54, 1.807) is 16.5 Å². The Morgan fingerprint density at radius 2 is 1.86 bits per heavy atom. The van der Waals surface area contributed by atoms with E-state index in [-0.39, 0.29) is 23.0 Å². The van der Waals surface area contributed by atoms with Crippen molar-refractivity contribution in [2.24, 2.45) is 0 Å². The molecule has 1 amide bonds. The monoisotopic (exact) mass is 409 g/mol. The number of hydrogen-bond acceptors (Lipinski definition) is 5. The fourth-order valence-electron chi connectivity index (χ4n) is 2.80. The molecule has 0 aliphatic carbocycles. The number of benzene rings is 2. The van der Waals surface area contributed by atoms with Gasteiger partial charge in [-0.3, -0.25) is 19.0 Å². The highest BCUT2D eigenvalue weighted by Crippen LogP contribution is 2.23. The number of nitrogens with zero attached hydrogens (tertiary/aromatic N) is 3. The van der Waals surface area contributed by atoms with Crippen LogP contribution in [0, 0.1) is 5.82 Å². The second-order valence-corrected chi connectivity index (χ2v) is 7.16. The van der Waals surface area contributed by atoms with Gasteiger partial charge in [0.25, 0.3) is 5.56 Å². The van der Waals surface area contributed by atoms with Gasteiger partial charge in [-0.15, -0.1) is 10.2 Å². The van der Waals surface area contributed by atoms with E-state index in [2.05, 4.69) is 20.5 Å². The Hall–Kier alpha value is -3.46. The maximum Gasteiger partial charge on any atom is 0.252 e. The van der Waals surface area contributed by atoms with Crippen LogP contribution in [0.1, 0.15) is 5.56 Å². The first kappa shape index (κ1) is 18.9. The number of fused-ring (bicyclic) bond motifs is 1. The quantitative estimate of drug-likeness (QED) is 0.478. The second-order valence-electron chi connectivity index (χ2n) is 6.22. The average molecular weight is 409 g/mol. The Balaban J connectivity index is 1.50. The van der Waals surface area contributed by atoms with Gasteiger partial charge in [0.1, 0.15) is 5.82 Å². The van der Waals surface area contributed by atoms with Crippen LogP contribution in [0.4, 0.5) is 4.39 Å². The number of hydrogen-bond donors (Lipinski definition) is 2. The molecule has 0 spiro atoms. The van der Waals surface area contributed by atoms with Crippen LogP contribution in [-0.4, -0.2) is 31.2 Å². The van der Waals surface area contributed by atoms with Gasteiger partial charge in [-0.1, -0.05) is 54.2 Å². The van der Waals surface area contributed by atoms with Crippen LogP contribution in [0.15, 0.2) is 70.6 Å². The largest absolute Gasteiger partial charge is 0.351 e. The molecular weight excluding hydrogens is 393 g/mol. The standard InChI is InChI=1S/C20H16FN5O2S/c21-15-8-6-13(7-9-15)11-22-18(28)12-29-20-25-24-19-23-17(27)10-16(26(19)20)14-4-2-1-3-5-14/h1-10H,11-12H2,(H,22,28)(H,23,24,27). The van der Waals surface area contributed by atoms with Gasteiger partial charge in [0, 0.05) is 12.6 Å². The van der Waals surface area contributed by atoms with E-state index in [1.807, 2.05) is 30.3 Å². The first-order valence-corrected chi connectivity index (χ1v) is 9.76. The summed E-state index contributed by atoms with van der Waals surface area (Å²) in [5, 5.41) is 11.4. The van der Waals surface area contributed by atoms with Crippen LogP contribution >= 0.6 is 11.8 Å². The smallest absolute Gasteiger partial charge is 0.252 e. The van der Waals surface area contributed by atoms with E-state index in [0.29, 0.717) is 23.2 Å². The highest BCUT2D eigenvalue weighted by Gasteiger charge is 2.14. The van der Waals surface area contributed by atoms with Crippen LogP contribution in [0.2, 0.25) is 0 Å². The lowest BCUT2D eigenvalue weighted by Crippen LogP contribution is -2.24. The first-order chi connectivity index (χ1) is 14.1. The second kappa shape index (κ2) is 8.27. The highest BCUT2D eigenvalue weighted by atomic mass is 32.2. The van der Waals surface area contributed by atoms with Crippen molar-refractivity contribution in [3.05, 3.63) is 82.4 Å². The fourth-order valence-corrected chi connectivity index (χ4v) is 3.58. The minimum atomic E-state index is -0.318. The van der Waals surface area contributed by atoms with Crippen LogP contribution in [0.25, 0.3) is 17.0 Å². The van der Waals surface area contributed by atoms with E-state index in [1.165, 1.54) is 30.0 Å². The molecule has 4 aromatic rings. The van der Waals surface area contributed by atoms with Crippen LogP contribution in [-0.2, 0) is 11.3 Å². The highest BCUT2D eigenvalue weighted by molar-refractivity contribution is 7.99. The third-order valence-electron chi connectivity index (χ3n) is 4.18. The number of amides is 1. The van der Waals surface area contributed by atoms with Crippen molar-refractivity contribution in [2.45, 2.75) is 11.7 Å². The molecule has 2 aromatic heterocycles. The minimum Gasteiger partial charge on any atom is -0.351 e. The van der Waals surface area contributed by atoms with Gasteiger partial charge >= 0.3 is 0 Å². The third-order valence-corrected chi connectivity index (χ3v) is 5.11. The summed E-state index contributed by atoms with van der Waals surface area (Å²) in [6.45, 7) is 0.308. The third kappa shape index (κ3) is 4.35. The SMILES string of the molecule is O=C(CSc1nnc2[nH]c(=O)cc(-c3ccccc3)n12)NCc1ccc(F)cc1. The Morgan fingerprint density at radius 1 is 1.10 bits per heavy atom. The van der Waals surface area contributed by atoms with Gasteiger partial charge in [0.2, 0.25) is 11.7 Å². The van der Waals surface area contributed by atoms with E-state index in [4.69, 9.17) is 0 Å². The van der Waals surface area contributed by atoms with Crippen molar-refractivity contribution < 1.29 is 9.18 Å². The van der Waals surface area contributed by atoms with Gasteiger partial charge in [-0.05, 0) is 23.3 Å². The summed E-state index contributed by atoms with van der Waals surface area (Å²) in [4.78, 5) is 26.8. The number of thioether (sulfide) groups is 1. The maximum atomic E-state index is 12.9. The molecule has 4 rings (SSSR count). The molecule has 0 bridgehead atoms. The number of aromatic amines is 1. The molecule has 2 heterocycles. The molecule has 146 valence electrons. The lowest BCUT2D eigenvalue weighted by atomic mass is 10.1. The molecule has 0 saturated heterocycles. The molecule has 2 N–H and O–H groups in total. The molecule has 2 aromatic carbocycles. The predicted octanol–water partition coefficient (Wildman–Crippen LogP) is 2.63. The normalized spacial score (nSPS) is 10.9. The number of nitrogens with one attached hydrogen (secondary N) is 2. The summed E-state index contributed by atoms with van der Waals surface area (Å²) < 4.78 is 14.7. The number of H-pyrrole nitrogens is 1. The van der Waals surface area contributed by atoms with E-state index >= 15 is 0 Å². The minimum absolute atomic E-state index is 0.120. The number of carbonyl (C=O) groups excluding carboxylic acids is 1. The zero-order valence-electron chi connectivity index (χ0n) is 15.1. The summed E-state index contributed by atoms with van der Waals surface area (Å²) in [7, 11) is 0. The van der Waals surface area contributed by atoms with Gasteiger partial charge in [-0.25, -0.2) is 4.39 Å². The van der Waals surface area contributed by atoms with Crippen molar-refractivity contribution in [3.63, 3.8) is 0 Å². The van der Waals surface area contributed by atoms with Gasteiger partial charge in [-0.2, -0.15) is 0 Å². The molecule has 0 fully saturated rings. The molecule has 0 atom stereocenters. The van der Waals surface area contributed by atoms with Crippen LogP contribution in [0.3, 0.4) is 0 Å². The molecule has 29 heavy (non-hydrogen) atoms. The van der Waals surface area contributed by atoms with Crippen molar-refractivity contribution in [1.29, 1.82) is 0 Å². The Bertz CT molecular complexity index is 1210. The van der Waals surface area contributed by atoms with Gasteiger partial charge in [0.05, 0.1) is 11.4 Å². The molecule has 0 aliphatic heterocycles. The summed E-state index contributed by atoms with van der Waals surface area (Å²) >= 11 is 1.21. The molecular formula is C20H16FN5O2S. The van der Waals surface area contributed by atoms with Crippen LogP contribution in [0.5, 0.6) is 0 Å². The summed E-state index contributed by atoms with van der Waals surface area (Å²) in [6.07, 6.45) is 0. The maximum absolute atomic E-state index is 12.9. The molecule has 0 unspecified atom stereocenters. The van der Waals surface area contributed by atoms with Crippen molar-refractivity contribution in [1.82, 2.24) is 24.9 Å². The predicted molar refractivity (Wildman–Crippen MR) is 108 cm³/mol. The fraction of sp³-hybridized carbons (Fsp3) is 0.100. The zero-order valence-corrected chi connectivity index (χ0v) is 15.9. The summed E-state index contributed by atoms with van der Waals surface area (Å²) in [5.74, 6) is -0.0797. The van der Waals surface area contributed by atoms with E-state index in [0.717, 1.165) is 11.1 Å². The number of carbonyl (C=O) groups is 1. The molecule has 9 heteroatoms. The van der Waals surface area contributed by atoms with E-state index in [9.17, 15) is 14.0 Å². The first-order valence-electron chi connectivity index (χ1n) is 8.78.